The lowest BCUT2D eigenvalue weighted by Gasteiger charge is -2.09. The molecule has 1 amide bonds. The molecule has 0 fully saturated rings. The van der Waals surface area contributed by atoms with Gasteiger partial charge in [0.05, 0.1) is 33.1 Å². The molecule has 0 unspecified atom stereocenters. The molecule has 0 saturated heterocycles. The molecule has 2 aromatic carbocycles. The van der Waals surface area contributed by atoms with E-state index in [-0.39, 0.29) is 11.6 Å². The first kappa shape index (κ1) is 17.3. The van der Waals surface area contributed by atoms with Crippen molar-refractivity contribution < 1.29 is 14.3 Å². The summed E-state index contributed by atoms with van der Waals surface area (Å²) in [5.41, 5.74) is 1.95. The minimum absolute atomic E-state index is 0.0360. The van der Waals surface area contributed by atoms with Gasteiger partial charge in [-0.3, -0.25) is 9.59 Å². The molecular formula is C17H13Cl2N3O3. The van der Waals surface area contributed by atoms with Gasteiger partial charge < -0.3 is 14.6 Å². The fourth-order valence-electron chi connectivity index (χ4n) is 2.25. The fraction of sp³-hybridized carbons (Fsp3) is 0.118. The Labute approximate surface area is 153 Å². The van der Waals surface area contributed by atoms with Gasteiger partial charge in [-0.2, -0.15) is 0 Å². The number of rotatable bonds is 5. The van der Waals surface area contributed by atoms with Gasteiger partial charge in [-0.25, -0.2) is 4.98 Å². The summed E-state index contributed by atoms with van der Waals surface area (Å²) in [5, 5.41) is 3.10. The average molecular weight is 378 g/mol. The van der Waals surface area contributed by atoms with E-state index in [4.69, 9.17) is 27.9 Å². The number of ether oxygens (including phenoxy) is 1. The molecule has 128 valence electrons. The van der Waals surface area contributed by atoms with Gasteiger partial charge in [0.2, 0.25) is 0 Å². The third kappa shape index (κ3) is 4.10. The third-order valence-electron chi connectivity index (χ3n) is 3.42. The maximum Gasteiger partial charge on any atom is 0.326 e. The molecule has 6 nitrogen and oxygen atoms in total. The largest absolute Gasteiger partial charge is 0.454 e. The summed E-state index contributed by atoms with van der Waals surface area (Å²) in [7, 11) is 0. The summed E-state index contributed by atoms with van der Waals surface area (Å²) in [6.45, 7) is -0.458. The van der Waals surface area contributed by atoms with Gasteiger partial charge in [-0.15, -0.1) is 0 Å². The number of esters is 1. The van der Waals surface area contributed by atoms with Crippen LogP contribution in [-0.4, -0.2) is 28.0 Å². The maximum atomic E-state index is 11.9. The highest BCUT2D eigenvalue weighted by molar-refractivity contribution is 6.44. The van der Waals surface area contributed by atoms with E-state index >= 15 is 0 Å². The molecule has 0 aliphatic heterocycles. The Morgan fingerprint density at radius 1 is 1.12 bits per heavy atom. The summed E-state index contributed by atoms with van der Waals surface area (Å²) >= 11 is 11.9. The van der Waals surface area contributed by atoms with Crippen LogP contribution in [0.25, 0.3) is 11.0 Å². The predicted octanol–water partition coefficient (Wildman–Crippen LogP) is 3.53. The van der Waals surface area contributed by atoms with E-state index in [1.165, 1.54) is 0 Å². The van der Waals surface area contributed by atoms with Crippen molar-refractivity contribution in [3.8, 4) is 0 Å². The first-order valence-corrected chi connectivity index (χ1v) is 8.09. The molecule has 0 atom stereocenters. The lowest BCUT2D eigenvalue weighted by molar-refractivity contribution is -0.147. The number of benzene rings is 2. The van der Waals surface area contributed by atoms with E-state index in [2.05, 4.69) is 10.3 Å². The van der Waals surface area contributed by atoms with E-state index < -0.39 is 18.5 Å². The van der Waals surface area contributed by atoms with Crippen LogP contribution >= 0.6 is 23.2 Å². The number of hydrogen-bond donors (Lipinski definition) is 1. The molecule has 1 heterocycles. The van der Waals surface area contributed by atoms with Gasteiger partial charge in [-0.05, 0) is 24.3 Å². The van der Waals surface area contributed by atoms with Crippen LogP contribution in [0.5, 0.6) is 0 Å². The van der Waals surface area contributed by atoms with Gasteiger partial charge in [0.1, 0.15) is 6.54 Å². The van der Waals surface area contributed by atoms with Gasteiger partial charge in [-0.1, -0.05) is 41.4 Å². The van der Waals surface area contributed by atoms with Crippen LogP contribution < -0.4 is 5.32 Å². The minimum atomic E-state index is -0.546. The average Bonchev–Trinajstić information content (AvgIpc) is 3.00. The van der Waals surface area contributed by atoms with Crippen LogP contribution in [0.2, 0.25) is 10.0 Å². The molecule has 0 spiro atoms. The zero-order valence-corrected chi connectivity index (χ0v) is 14.4. The smallest absolute Gasteiger partial charge is 0.326 e. The Balaban J connectivity index is 1.55. The minimum Gasteiger partial charge on any atom is -0.454 e. The van der Waals surface area contributed by atoms with Gasteiger partial charge in [0, 0.05) is 0 Å². The van der Waals surface area contributed by atoms with Crippen molar-refractivity contribution in [3.63, 3.8) is 0 Å². The standard InChI is InChI=1S/C17H13Cl2N3O3/c18-11-4-3-6-13(17(11)19)21-15(23)9-25-16(24)8-22-10-20-12-5-1-2-7-14(12)22/h1-7,10H,8-9H2,(H,21,23). The second-order valence-electron chi connectivity index (χ2n) is 5.17. The Morgan fingerprint density at radius 2 is 1.92 bits per heavy atom. The normalized spacial score (nSPS) is 10.6. The number of halogens is 2. The summed E-state index contributed by atoms with van der Waals surface area (Å²) in [6.07, 6.45) is 1.55. The number of carbonyl (C=O) groups excluding carboxylic acids is 2. The van der Waals surface area contributed by atoms with Crippen LogP contribution in [0.1, 0.15) is 0 Å². The zero-order chi connectivity index (χ0) is 17.8. The van der Waals surface area contributed by atoms with Crippen molar-refractivity contribution in [1.82, 2.24) is 9.55 Å². The first-order valence-electron chi connectivity index (χ1n) is 7.34. The molecule has 0 saturated carbocycles. The third-order valence-corrected chi connectivity index (χ3v) is 4.24. The van der Waals surface area contributed by atoms with Crippen LogP contribution in [0.15, 0.2) is 48.8 Å². The number of hydrogen-bond acceptors (Lipinski definition) is 4. The molecule has 0 bridgehead atoms. The molecule has 8 heteroatoms. The van der Waals surface area contributed by atoms with Crippen molar-refractivity contribution in [2.24, 2.45) is 0 Å². The SMILES string of the molecule is O=C(COC(=O)Cn1cnc2ccccc21)Nc1cccc(Cl)c1Cl. The number of carbonyl (C=O) groups is 2. The summed E-state index contributed by atoms with van der Waals surface area (Å²) in [5.74, 6) is -1.05. The number of para-hydroxylation sites is 2. The van der Waals surface area contributed by atoms with Gasteiger partial charge >= 0.3 is 5.97 Å². The number of nitrogens with zero attached hydrogens (tertiary/aromatic N) is 2. The number of nitrogens with one attached hydrogen (secondary N) is 1. The number of aromatic nitrogens is 2. The second-order valence-corrected chi connectivity index (χ2v) is 5.96. The molecule has 0 radical (unpaired) electrons. The highest BCUT2D eigenvalue weighted by Gasteiger charge is 2.12. The molecule has 1 N–H and O–H groups in total. The molecule has 3 aromatic rings. The second kappa shape index (κ2) is 7.55. The Morgan fingerprint density at radius 3 is 2.76 bits per heavy atom. The van der Waals surface area contributed by atoms with E-state index in [0.29, 0.717) is 10.7 Å². The van der Waals surface area contributed by atoms with Crippen molar-refractivity contribution in [2.45, 2.75) is 6.54 Å². The lowest BCUT2D eigenvalue weighted by Crippen LogP contribution is -2.23. The Bertz CT molecular complexity index is 940. The number of fused-ring (bicyclic) bond motifs is 1. The molecular weight excluding hydrogens is 365 g/mol. The Hall–Kier alpha value is -2.57. The van der Waals surface area contributed by atoms with E-state index in [9.17, 15) is 9.59 Å². The summed E-state index contributed by atoms with van der Waals surface area (Å²) < 4.78 is 6.65. The van der Waals surface area contributed by atoms with Gasteiger partial charge in [0.25, 0.3) is 5.91 Å². The van der Waals surface area contributed by atoms with Gasteiger partial charge in [0.15, 0.2) is 6.61 Å². The quantitative estimate of drug-likeness (QED) is 0.690. The number of amides is 1. The number of anilines is 1. The number of imidazole rings is 1. The van der Waals surface area contributed by atoms with Crippen molar-refractivity contribution >= 4 is 51.8 Å². The molecule has 0 aliphatic rings. The molecule has 3 rings (SSSR count). The predicted molar refractivity (Wildman–Crippen MR) is 95.8 cm³/mol. The Kier molecular flexibility index (Phi) is 5.21. The van der Waals surface area contributed by atoms with E-state index in [1.54, 1.807) is 29.1 Å². The molecule has 1 aromatic heterocycles. The van der Waals surface area contributed by atoms with Crippen LogP contribution in [-0.2, 0) is 20.9 Å². The van der Waals surface area contributed by atoms with E-state index in [0.717, 1.165) is 11.0 Å². The van der Waals surface area contributed by atoms with Crippen molar-refractivity contribution in [3.05, 3.63) is 58.8 Å². The van der Waals surface area contributed by atoms with Crippen LogP contribution in [0, 0.1) is 0 Å². The monoisotopic (exact) mass is 377 g/mol. The molecule has 0 aliphatic carbocycles. The first-order chi connectivity index (χ1) is 12.0. The fourth-order valence-corrected chi connectivity index (χ4v) is 2.60. The highest BCUT2D eigenvalue weighted by Crippen LogP contribution is 2.29. The van der Waals surface area contributed by atoms with Crippen LogP contribution in [0.4, 0.5) is 5.69 Å². The summed E-state index contributed by atoms with van der Waals surface area (Å²) in [6, 6.07) is 12.3. The molecule has 25 heavy (non-hydrogen) atoms. The van der Waals surface area contributed by atoms with E-state index in [1.807, 2.05) is 24.3 Å². The van der Waals surface area contributed by atoms with Crippen molar-refractivity contribution in [1.29, 1.82) is 0 Å². The maximum absolute atomic E-state index is 11.9. The topological polar surface area (TPSA) is 73.2 Å². The van der Waals surface area contributed by atoms with Crippen molar-refractivity contribution in [2.75, 3.05) is 11.9 Å². The zero-order valence-electron chi connectivity index (χ0n) is 12.9. The van der Waals surface area contributed by atoms with Crippen LogP contribution in [0.3, 0.4) is 0 Å². The lowest BCUT2D eigenvalue weighted by atomic mass is 10.3. The highest BCUT2D eigenvalue weighted by atomic mass is 35.5. The summed E-state index contributed by atoms with van der Waals surface area (Å²) in [4.78, 5) is 28.0.